The van der Waals surface area contributed by atoms with Crippen LogP contribution in [-0.4, -0.2) is 32.1 Å². The van der Waals surface area contributed by atoms with Crippen LogP contribution in [-0.2, 0) is 0 Å². The molecule has 2 heterocycles. The van der Waals surface area contributed by atoms with E-state index >= 15 is 0 Å². The van der Waals surface area contributed by atoms with E-state index in [-0.39, 0.29) is 11.7 Å². The minimum Gasteiger partial charge on any atom is -0.451 e. The molecule has 4 rings (SSSR count). The summed E-state index contributed by atoms with van der Waals surface area (Å²) >= 11 is 12.1. The third-order valence-electron chi connectivity index (χ3n) is 4.63. The number of anilines is 2. The van der Waals surface area contributed by atoms with Crippen molar-refractivity contribution < 1.29 is 9.21 Å². The molecule has 0 bridgehead atoms. The number of carbonyl (C=O) groups is 1. The first-order valence-electron chi connectivity index (χ1n) is 9.02. The van der Waals surface area contributed by atoms with Gasteiger partial charge in [0.2, 0.25) is 0 Å². The molecule has 1 saturated heterocycles. The van der Waals surface area contributed by atoms with Gasteiger partial charge in [-0.1, -0.05) is 23.2 Å². The minimum absolute atomic E-state index is 0.215. The number of nitrogens with one attached hydrogen (secondary N) is 2. The van der Waals surface area contributed by atoms with E-state index in [1.165, 1.54) is 0 Å². The van der Waals surface area contributed by atoms with Gasteiger partial charge < -0.3 is 20.0 Å². The summed E-state index contributed by atoms with van der Waals surface area (Å²) in [4.78, 5) is 14.8. The van der Waals surface area contributed by atoms with E-state index in [1.54, 1.807) is 30.3 Å². The van der Waals surface area contributed by atoms with Gasteiger partial charge >= 0.3 is 0 Å². The first-order valence-corrected chi connectivity index (χ1v) is 9.78. The van der Waals surface area contributed by atoms with E-state index in [0.717, 1.165) is 31.9 Å². The van der Waals surface area contributed by atoms with Gasteiger partial charge in [-0.2, -0.15) is 0 Å². The second-order valence-corrected chi connectivity index (χ2v) is 7.37. The largest absolute Gasteiger partial charge is 0.451 e. The molecule has 1 aliphatic heterocycles. The molecule has 3 aromatic rings. The SMILES string of the molecule is O=C(Nc1ccc(N2CCNCC2)cc1)c1ccc(-c2ccc(Cl)cc2Cl)o1. The van der Waals surface area contributed by atoms with Gasteiger partial charge in [0.1, 0.15) is 5.76 Å². The smallest absolute Gasteiger partial charge is 0.291 e. The number of benzene rings is 2. The standard InChI is InChI=1S/C21H19Cl2N3O2/c22-14-1-6-17(18(23)13-14)19-7-8-20(28-19)21(27)25-15-2-4-16(5-3-15)26-11-9-24-10-12-26/h1-8,13,24H,9-12H2,(H,25,27). The molecule has 1 aromatic heterocycles. The lowest BCUT2D eigenvalue weighted by Gasteiger charge is -2.29. The highest BCUT2D eigenvalue weighted by Crippen LogP contribution is 2.31. The highest BCUT2D eigenvalue weighted by Gasteiger charge is 2.15. The number of hydrogen-bond donors (Lipinski definition) is 2. The lowest BCUT2D eigenvalue weighted by Crippen LogP contribution is -2.43. The van der Waals surface area contributed by atoms with Gasteiger partial charge in [-0.15, -0.1) is 0 Å². The molecule has 0 saturated carbocycles. The van der Waals surface area contributed by atoms with Gasteiger partial charge in [-0.25, -0.2) is 0 Å². The van der Waals surface area contributed by atoms with Crippen molar-refractivity contribution in [3.8, 4) is 11.3 Å². The number of hydrogen-bond acceptors (Lipinski definition) is 4. The van der Waals surface area contributed by atoms with Crippen LogP contribution < -0.4 is 15.5 Å². The molecule has 2 aromatic carbocycles. The molecule has 144 valence electrons. The molecule has 0 spiro atoms. The van der Waals surface area contributed by atoms with Crippen LogP contribution in [0.3, 0.4) is 0 Å². The maximum Gasteiger partial charge on any atom is 0.291 e. The molecular weight excluding hydrogens is 397 g/mol. The zero-order valence-electron chi connectivity index (χ0n) is 15.0. The first-order chi connectivity index (χ1) is 13.6. The quantitative estimate of drug-likeness (QED) is 0.634. The summed E-state index contributed by atoms with van der Waals surface area (Å²) in [7, 11) is 0. The Labute approximate surface area is 173 Å². The highest BCUT2D eigenvalue weighted by molar-refractivity contribution is 6.36. The Balaban J connectivity index is 1.44. The number of amides is 1. The summed E-state index contributed by atoms with van der Waals surface area (Å²) in [5.41, 5.74) is 2.55. The highest BCUT2D eigenvalue weighted by atomic mass is 35.5. The van der Waals surface area contributed by atoms with Crippen LogP contribution in [0.5, 0.6) is 0 Å². The maximum atomic E-state index is 12.5. The van der Waals surface area contributed by atoms with Crippen LogP contribution in [0.1, 0.15) is 10.6 Å². The lowest BCUT2D eigenvalue weighted by molar-refractivity contribution is 0.0997. The second-order valence-electron chi connectivity index (χ2n) is 6.53. The van der Waals surface area contributed by atoms with Crippen molar-refractivity contribution in [2.75, 3.05) is 36.4 Å². The number of piperazine rings is 1. The molecule has 0 aliphatic carbocycles. The molecule has 1 fully saturated rings. The van der Waals surface area contributed by atoms with Crippen LogP contribution in [0.25, 0.3) is 11.3 Å². The number of nitrogens with zero attached hydrogens (tertiary/aromatic N) is 1. The van der Waals surface area contributed by atoms with Gasteiger partial charge in [0.05, 0.1) is 5.02 Å². The number of halogens is 2. The summed E-state index contributed by atoms with van der Waals surface area (Å²) in [5.74, 6) is 0.416. The van der Waals surface area contributed by atoms with Crippen molar-refractivity contribution >= 4 is 40.5 Å². The Bertz CT molecular complexity index is 980. The molecule has 0 atom stereocenters. The van der Waals surface area contributed by atoms with Crippen molar-refractivity contribution in [2.24, 2.45) is 0 Å². The number of furan rings is 1. The van der Waals surface area contributed by atoms with Crippen LogP contribution in [0, 0.1) is 0 Å². The van der Waals surface area contributed by atoms with Crippen molar-refractivity contribution in [2.45, 2.75) is 0 Å². The predicted molar refractivity (Wildman–Crippen MR) is 114 cm³/mol. The fraction of sp³-hybridized carbons (Fsp3) is 0.190. The molecule has 7 heteroatoms. The monoisotopic (exact) mass is 415 g/mol. The molecule has 0 radical (unpaired) electrons. The molecule has 1 aliphatic rings. The molecule has 5 nitrogen and oxygen atoms in total. The Hall–Kier alpha value is -2.47. The topological polar surface area (TPSA) is 57.5 Å². The third-order valence-corrected chi connectivity index (χ3v) is 5.18. The van der Waals surface area contributed by atoms with E-state index in [4.69, 9.17) is 27.6 Å². The Morgan fingerprint density at radius 1 is 1.00 bits per heavy atom. The molecule has 1 amide bonds. The fourth-order valence-electron chi connectivity index (χ4n) is 3.17. The molecule has 0 unspecified atom stereocenters. The summed E-state index contributed by atoms with van der Waals surface area (Å²) in [6.45, 7) is 3.93. The van der Waals surface area contributed by atoms with Crippen molar-refractivity contribution in [1.29, 1.82) is 0 Å². The molecule has 2 N–H and O–H groups in total. The van der Waals surface area contributed by atoms with Gasteiger partial charge in [-0.05, 0) is 54.6 Å². The molecule has 28 heavy (non-hydrogen) atoms. The Morgan fingerprint density at radius 2 is 1.75 bits per heavy atom. The number of carbonyl (C=O) groups excluding carboxylic acids is 1. The van der Waals surface area contributed by atoms with Crippen LogP contribution in [0.4, 0.5) is 11.4 Å². The van der Waals surface area contributed by atoms with E-state index in [9.17, 15) is 4.79 Å². The zero-order valence-corrected chi connectivity index (χ0v) is 16.6. The van der Waals surface area contributed by atoms with Gasteiger partial charge in [0, 0.05) is 48.1 Å². The average Bonchev–Trinajstić information content (AvgIpc) is 3.19. The second kappa shape index (κ2) is 8.27. The minimum atomic E-state index is -0.314. The third kappa shape index (κ3) is 4.17. The summed E-state index contributed by atoms with van der Waals surface area (Å²) in [5, 5.41) is 7.21. The van der Waals surface area contributed by atoms with Crippen molar-refractivity contribution in [1.82, 2.24) is 5.32 Å². The van der Waals surface area contributed by atoms with E-state index < -0.39 is 0 Å². The average molecular weight is 416 g/mol. The van der Waals surface area contributed by atoms with Gasteiger partial charge in [-0.3, -0.25) is 4.79 Å². The summed E-state index contributed by atoms with van der Waals surface area (Å²) in [6.07, 6.45) is 0. The first kappa shape index (κ1) is 18.9. The summed E-state index contributed by atoms with van der Waals surface area (Å²) in [6, 6.07) is 16.3. The normalized spacial score (nSPS) is 14.1. The van der Waals surface area contributed by atoms with E-state index in [0.29, 0.717) is 27.1 Å². The van der Waals surface area contributed by atoms with Gasteiger partial charge in [0.15, 0.2) is 5.76 Å². The maximum absolute atomic E-state index is 12.5. The van der Waals surface area contributed by atoms with Gasteiger partial charge in [0.25, 0.3) is 5.91 Å². The van der Waals surface area contributed by atoms with E-state index in [2.05, 4.69) is 15.5 Å². The zero-order chi connectivity index (χ0) is 19.5. The Kier molecular flexibility index (Phi) is 5.57. The lowest BCUT2D eigenvalue weighted by atomic mass is 10.2. The number of rotatable bonds is 4. The Morgan fingerprint density at radius 3 is 2.46 bits per heavy atom. The fourth-order valence-corrected chi connectivity index (χ4v) is 3.67. The predicted octanol–water partition coefficient (Wildman–Crippen LogP) is 4.92. The van der Waals surface area contributed by atoms with Crippen LogP contribution in [0.2, 0.25) is 10.0 Å². The van der Waals surface area contributed by atoms with Crippen LogP contribution in [0.15, 0.2) is 59.0 Å². The summed E-state index contributed by atoms with van der Waals surface area (Å²) < 4.78 is 5.69. The van der Waals surface area contributed by atoms with Crippen LogP contribution >= 0.6 is 23.2 Å². The molecular formula is C21H19Cl2N3O2. The van der Waals surface area contributed by atoms with Crippen molar-refractivity contribution in [3.63, 3.8) is 0 Å². The van der Waals surface area contributed by atoms with E-state index in [1.807, 2.05) is 24.3 Å². The van der Waals surface area contributed by atoms with Crippen molar-refractivity contribution in [3.05, 3.63) is 70.4 Å².